The molecule has 2 heterocycles. The fraction of sp³-hybridized carbons (Fsp3) is 0.722. The van der Waals surface area contributed by atoms with E-state index >= 15 is 0 Å². The van der Waals surface area contributed by atoms with Gasteiger partial charge in [-0.1, -0.05) is 0 Å². The Hall–Kier alpha value is -1.93. The Morgan fingerprint density at radius 3 is 2.62 bits per heavy atom. The molecule has 0 bridgehead atoms. The Labute approximate surface area is 157 Å². The van der Waals surface area contributed by atoms with Crippen molar-refractivity contribution >= 4 is 11.9 Å². The molecule has 0 spiro atoms. The molecule has 1 saturated heterocycles. The molecule has 1 aliphatic rings. The standard InChI is InChI=1S/C18H33N7O/c1-3-19-17(21-10-16-26-4-2)20-9-6-11-24-12-14-25(15-13-24)18-22-7-5-8-23-18/h5,7-8H,3-4,6,9-16H2,1-2H3,(H2,19,20,21). The second-order valence-corrected chi connectivity index (χ2v) is 6.12. The lowest BCUT2D eigenvalue weighted by molar-refractivity contribution is 0.152. The molecule has 0 aromatic carbocycles. The number of hydrogen-bond acceptors (Lipinski definition) is 6. The number of piperazine rings is 1. The molecule has 8 heteroatoms. The van der Waals surface area contributed by atoms with Crippen LogP contribution in [0.5, 0.6) is 0 Å². The molecule has 1 aromatic rings. The number of hydrogen-bond donors (Lipinski definition) is 2. The van der Waals surface area contributed by atoms with E-state index in [9.17, 15) is 0 Å². The molecule has 0 unspecified atom stereocenters. The van der Waals surface area contributed by atoms with Crippen LogP contribution < -0.4 is 15.5 Å². The predicted molar refractivity (Wildman–Crippen MR) is 106 cm³/mol. The summed E-state index contributed by atoms with van der Waals surface area (Å²) in [5, 5.41) is 6.57. The first kappa shape index (κ1) is 20.4. The SMILES string of the molecule is CCNC(=NCCCN1CCN(c2ncccn2)CC1)NCCOCC. The summed E-state index contributed by atoms with van der Waals surface area (Å²) in [7, 11) is 0. The van der Waals surface area contributed by atoms with Crippen LogP contribution in [-0.4, -0.2) is 86.4 Å². The van der Waals surface area contributed by atoms with Crippen LogP contribution in [0.25, 0.3) is 0 Å². The molecule has 0 aliphatic carbocycles. The highest BCUT2D eigenvalue weighted by Crippen LogP contribution is 2.09. The van der Waals surface area contributed by atoms with Crippen molar-refractivity contribution in [1.82, 2.24) is 25.5 Å². The van der Waals surface area contributed by atoms with Crippen LogP contribution in [0.1, 0.15) is 20.3 Å². The van der Waals surface area contributed by atoms with Gasteiger partial charge in [0, 0.05) is 71.4 Å². The fourth-order valence-corrected chi connectivity index (χ4v) is 2.84. The van der Waals surface area contributed by atoms with Crippen molar-refractivity contribution in [3.63, 3.8) is 0 Å². The summed E-state index contributed by atoms with van der Waals surface area (Å²) < 4.78 is 5.34. The first-order valence-corrected chi connectivity index (χ1v) is 9.67. The second-order valence-electron chi connectivity index (χ2n) is 6.12. The maximum Gasteiger partial charge on any atom is 0.225 e. The number of nitrogens with one attached hydrogen (secondary N) is 2. The van der Waals surface area contributed by atoms with E-state index in [1.165, 1.54) is 0 Å². The summed E-state index contributed by atoms with van der Waals surface area (Å²) in [5.41, 5.74) is 0. The molecule has 146 valence electrons. The zero-order chi connectivity index (χ0) is 18.5. The summed E-state index contributed by atoms with van der Waals surface area (Å²) >= 11 is 0. The number of aliphatic imine (C=N–C) groups is 1. The van der Waals surface area contributed by atoms with E-state index in [1.807, 2.05) is 13.0 Å². The van der Waals surface area contributed by atoms with Gasteiger partial charge in [0.1, 0.15) is 0 Å². The van der Waals surface area contributed by atoms with E-state index in [1.54, 1.807) is 12.4 Å². The van der Waals surface area contributed by atoms with Crippen molar-refractivity contribution in [2.75, 3.05) is 70.5 Å². The number of rotatable bonds is 10. The monoisotopic (exact) mass is 363 g/mol. The summed E-state index contributed by atoms with van der Waals surface area (Å²) in [5.74, 6) is 1.71. The minimum Gasteiger partial charge on any atom is -0.380 e. The summed E-state index contributed by atoms with van der Waals surface area (Å²) in [4.78, 5) is 18.0. The molecule has 8 nitrogen and oxygen atoms in total. The topological polar surface area (TPSA) is 77.9 Å². The van der Waals surface area contributed by atoms with Crippen molar-refractivity contribution in [1.29, 1.82) is 0 Å². The number of guanidine groups is 1. The normalized spacial score (nSPS) is 15.9. The number of anilines is 1. The first-order valence-electron chi connectivity index (χ1n) is 9.67. The Bertz CT molecular complexity index is 504. The molecule has 0 saturated carbocycles. The van der Waals surface area contributed by atoms with Gasteiger partial charge in [-0.25, -0.2) is 9.97 Å². The number of ether oxygens (including phenoxy) is 1. The van der Waals surface area contributed by atoms with Gasteiger partial charge in [0.05, 0.1) is 6.61 Å². The van der Waals surface area contributed by atoms with Gasteiger partial charge in [-0.2, -0.15) is 0 Å². The molecule has 0 radical (unpaired) electrons. The lowest BCUT2D eigenvalue weighted by Crippen LogP contribution is -2.47. The Balaban J connectivity index is 1.62. The van der Waals surface area contributed by atoms with Crippen LogP contribution in [0.2, 0.25) is 0 Å². The van der Waals surface area contributed by atoms with Crippen LogP contribution in [0.3, 0.4) is 0 Å². The van der Waals surface area contributed by atoms with Gasteiger partial charge in [-0.05, 0) is 26.3 Å². The summed E-state index contributed by atoms with van der Waals surface area (Å²) in [6.07, 6.45) is 4.66. The highest BCUT2D eigenvalue weighted by atomic mass is 16.5. The Kier molecular flexibility index (Phi) is 9.74. The van der Waals surface area contributed by atoms with Gasteiger partial charge < -0.3 is 20.3 Å². The van der Waals surface area contributed by atoms with Crippen LogP contribution in [0.15, 0.2) is 23.5 Å². The Morgan fingerprint density at radius 2 is 1.92 bits per heavy atom. The van der Waals surface area contributed by atoms with Gasteiger partial charge in [0.15, 0.2) is 5.96 Å². The van der Waals surface area contributed by atoms with Crippen LogP contribution in [0.4, 0.5) is 5.95 Å². The summed E-state index contributed by atoms with van der Waals surface area (Å²) in [6, 6.07) is 1.85. The second kappa shape index (κ2) is 12.4. The van der Waals surface area contributed by atoms with Crippen molar-refractivity contribution in [2.45, 2.75) is 20.3 Å². The highest BCUT2D eigenvalue weighted by molar-refractivity contribution is 5.79. The van der Waals surface area contributed by atoms with E-state index in [0.29, 0.717) is 6.61 Å². The van der Waals surface area contributed by atoms with E-state index in [-0.39, 0.29) is 0 Å². The van der Waals surface area contributed by atoms with Crippen LogP contribution in [0, 0.1) is 0 Å². The molecule has 2 rings (SSSR count). The van der Waals surface area contributed by atoms with Gasteiger partial charge in [-0.3, -0.25) is 9.89 Å². The van der Waals surface area contributed by atoms with E-state index < -0.39 is 0 Å². The van der Waals surface area contributed by atoms with Crippen molar-refractivity contribution in [2.24, 2.45) is 4.99 Å². The number of aromatic nitrogens is 2. The quantitative estimate of drug-likeness (QED) is 0.358. The van der Waals surface area contributed by atoms with E-state index in [4.69, 9.17) is 4.74 Å². The molecule has 1 aliphatic heterocycles. The molecule has 1 fully saturated rings. The first-order chi connectivity index (χ1) is 12.8. The molecule has 0 amide bonds. The molecular formula is C18H33N7O. The molecule has 2 N–H and O–H groups in total. The zero-order valence-electron chi connectivity index (χ0n) is 16.2. The molecular weight excluding hydrogens is 330 g/mol. The van der Waals surface area contributed by atoms with Gasteiger partial charge in [-0.15, -0.1) is 0 Å². The third-order valence-electron chi connectivity index (χ3n) is 4.20. The van der Waals surface area contributed by atoms with Crippen LogP contribution in [-0.2, 0) is 4.74 Å². The van der Waals surface area contributed by atoms with Crippen molar-refractivity contribution in [3.05, 3.63) is 18.5 Å². The maximum absolute atomic E-state index is 5.34. The van der Waals surface area contributed by atoms with Crippen LogP contribution >= 0.6 is 0 Å². The van der Waals surface area contributed by atoms with Crippen molar-refractivity contribution in [3.8, 4) is 0 Å². The van der Waals surface area contributed by atoms with Gasteiger partial charge >= 0.3 is 0 Å². The van der Waals surface area contributed by atoms with Crippen molar-refractivity contribution < 1.29 is 4.74 Å². The maximum atomic E-state index is 5.34. The molecule has 0 atom stereocenters. The minimum absolute atomic E-state index is 0.705. The average Bonchev–Trinajstić information content (AvgIpc) is 2.69. The molecule has 26 heavy (non-hydrogen) atoms. The highest BCUT2D eigenvalue weighted by Gasteiger charge is 2.17. The van der Waals surface area contributed by atoms with Gasteiger partial charge in [0.2, 0.25) is 5.95 Å². The zero-order valence-corrected chi connectivity index (χ0v) is 16.2. The van der Waals surface area contributed by atoms with E-state index in [0.717, 1.165) is 77.3 Å². The lowest BCUT2D eigenvalue weighted by atomic mass is 10.3. The largest absolute Gasteiger partial charge is 0.380 e. The Morgan fingerprint density at radius 1 is 1.15 bits per heavy atom. The number of nitrogens with zero attached hydrogens (tertiary/aromatic N) is 5. The average molecular weight is 364 g/mol. The minimum atomic E-state index is 0.705. The predicted octanol–water partition coefficient (Wildman–Crippen LogP) is 0.580. The fourth-order valence-electron chi connectivity index (χ4n) is 2.84. The third kappa shape index (κ3) is 7.53. The smallest absolute Gasteiger partial charge is 0.225 e. The third-order valence-corrected chi connectivity index (χ3v) is 4.20. The lowest BCUT2D eigenvalue weighted by Gasteiger charge is -2.34. The van der Waals surface area contributed by atoms with Gasteiger partial charge in [0.25, 0.3) is 0 Å². The summed E-state index contributed by atoms with van der Waals surface area (Å²) in [6.45, 7) is 13.1. The van der Waals surface area contributed by atoms with E-state index in [2.05, 4.69) is 42.3 Å². The molecule has 1 aromatic heterocycles.